The van der Waals surface area contributed by atoms with E-state index in [-0.39, 0.29) is 35.7 Å². The summed E-state index contributed by atoms with van der Waals surface area (Å²) in [5, 5.41) is 8.97. The number of piperidine rings is 1. The smallest absolute Gasteiger partial charge is 0.247 e. The second kappa shape index (κ2) is 7.09. The number of hydrogen-bond acceptors (Lipinski definition) is 3. The lowest BCUT2D eigenvalue weighted by Crippen LogP contribution is -2.68. The van der Waals surface area contributed by atoms with Gasteiger partial charge in [0.05, 0.1) is 0 Å². The van der Waals surface area contributed by atoms with Crippen molar-refractivity contribution in [1.29, 1.82) is 0 Å². The fourth-order valence-corrected chi connectivity index (χ4v) is 2.35. The molecule has 1 rings (SSSR count). The zero-order chi connectivity index (χ0) is 14.7. The van der Waals surface area contributed by atoms with Gasteiger partial charge in [0, 0.05) is 25.6 Å². The number of carbonyl (C=O) groups is 2. The Morgan fingerprint density at radius 3 is 2.45 bits per heavy atom. The van der Waals surface area contributed by atoms with Gasteiger partial charge in [0.25, 0.3) is 0 Å². The molecule has 0 aliphatic carbocycles. The van der Waals surface area contributed by atoms with Gasteiger partial charge in [-0.2, -0.15) is 0 Å². The van der Waals surface area contributed by atoms with E-state index in [0.29, 0.717) is 13.0 Å². The molecule has 1 heterocycles. The highest BCUT2D eigenvalue weighted by Crippen LogP contribution is 2.23. The molecule has 6 heteroatoms. The molecule has 0 unspecified atom stereocenters. The normalized spacial score (nSPS) is 26.1. The maximum Gasteiger partial charge on any atom is 0.247 e. The van der Waals surface area contributed by atoms with Crippen LogP contribution in [0.2, 0.25) is 0 Å². The maximum atomic E-state index is 12.5. The summed E-state index contributed by atoms with van der Waals surface area (Å²) in [6, 6.07) is 0. The van der Waals surface area contributed by atoms with Gasteiger partial charge in [0.2, 0.25) is 11.8 Å². The second-order valence-corrected chi connectivity index (χ2v) is 6.30. The van der Waals surface area contributed by atoms with E-state index in [4.69, 9.17) is 0 Å². The average Bonchev–Trinajstić information content (AvgIpc) is 2.26. The van der Waals surface area contributed by atoms with Crippen molar-refractivity contribution in [2.75, 3.05) is 13.1 Å². The first-order valence-corrected chi connectivity index (χ1v) is 6.63. The fraction of sp³-hybridized carbons (Fsp3) is 0.714. The van der Waals surface area contributed by atoms with Crippen LogP contribution in [-0.4, -0.2) is 36.0 Å². The topological polar surface area (TPSA) is 70.2 Å². The Morgan fingerprint density at radius 1 is 1.40 bits per heavy atom. The van der Waals surface area contributed by atoms with Crippen LogP contribution < -0.4 is 16.0 Å². The molecule has 0 aromatic rings. The summed E-state index contributed by atoms with van der Waals surface area (Å²) in [6.45, 7) is 12.2. The van der Waals surface area contributed by atoms with Gasteiger partial charge >= 0.3 is 0 Å². The number of halogens is 1. The summed E-state index contributed by atoms with van der Waals surface area (Å²) in [5.74, 6) is -0.170. The number of rotatable bonds is 3. The lowest BCUT2D eigenvalue weighted by Gasteiger charge is -2.41. The molecule has 2 amide bonds. The molecule has 0 aromatic carbocycles. The Balaban J connectivity index is 0.00000361. The van der Waals surface area contributed by atoms with Crippen molar-refractivity contribution in [2.45, 2.75) is 45.2 Å². The van der Waals surface area contributed by atoms with E-state index in [1.165, 1.54) is 6.92 Å². The maximum absolute atomic E-state index is 12.5. The molecule has 5 nitrogen and oxygen atoms in total. The van der Waals surface area contributed by atoms with Crippen LogP contribution in [0.1, 0.15) is 34.1 Å². The Bertz CT molecular complexity index is 379. The van der Waals surface area contributed by atoms with Gasteiger partial charge in [-0.1, -0.05) is 6.08 Å². The van der Waals surface area contributed by atoms with Crippen LogP contribution in [-0.2, 0) is 9.59 Å². The zero-order valence-corrected chi connectivity index (χ0v) is 13.5. The Hall–Kier alpha value is -1.07. The molecule has 1 aliphatic heterocycles. The first kappa shape index (κ1) is 18.9. The molecule has 0 bridgehead atoms. The van der Waals surface area contributed by atoms with Gasteiger partial charge in [0.15, 0.2) is 0 Å². The standard InChI is InChI=1S/C14H25N3O2.ClH/c1-6-11-7-14(9-15-8-11,16-10(2)18)12(19)17-13(3,4)5;/h6,11,15H,1,7-9H2,2-5H3,(H,16,18)(H,17,19);1H/t11-,14+;/m1./s1. The highest BCUT2D eigenvalue weighted by Gasteiger charge is 2.43. The minimum absolute atomic E-state index is 0. The van der Waals surface area contributed by atoms with Crippen LogP contribution >= 0.6 is 12.4 Å². The molecule has 20 heavy (non-hydrogen) atoms. The lowest BCUT2D eigenvalue weighted by molar-refractivity contribution is -0.135. The molecular formula is C14H26ClN3O2. The van der Waals surface area contributed by atoms with Crippen LogP contribution in [0.5, 0.6) is 0 Å². The number of nitrogens with one attached hydrogen (secondary N) is 3. The number of hydrogen-bond donors (Lipinski definition) is 3. The third kappa shape index (κ3) is 5.13. The molecule has 2 atom stereocenters. The average molecular weight is 304 g/mol. The quantitative estimate of drug-likeness (QED) is 0.681. The SMILES string of the molecule is C=C[C@H]1CNC[C@](NC(C)=O)(C(=O)NC(C)(C)C)C1.Cl. The lowest BCUT2D eigenvalue weighted by atomic mass is 9.82. The van der Waals surface area contributed by atoms with Crippen LogP contribution in [0.3, 0.4) is 0 Å². The third-order valence-electron chi connectivity index (χ3n) is 3.12. The van der Waals surface area contributed by atoms with E-state index in [0.717, 1.165) is 6.54 Å². The van der Waals surface area contributed by atoms with E-state index in [1.807, 2.05) is 26.8 Å². The first-order chi connectivity index (χ1) is 8.68. The van der Waals surface area contributed by atoms with Gasteiger partial charge in [-0.3, -0.25) is 9.59 Å². The van der Waals surface area contributed by atoms with Gasteiger partial charge in [-0.25, -0.2) is 0 Å². The van der Waals surface area contributed by atoms with Gasteiger partial charge in [-0.15, -0.1) is 19.0 Å². The summed E-state index contributed by atoms with van der Waals surface area (Å²) < 4.78 is 0. The van der Waals surface area contributed by atoms with Crippen LogP contribution in [0.15, 0.2) is 12.7 Å². The minimum Gasteiger partial charge on any atom is -0.349 e. The van der Waals surface area contributed by atoms with E-state index in [2.05, 4.69) is 22.5 Å². The van der Waals surface area contributed by atoms with Gasteiger partial charge in [-0.05, 0) is 33.1 Å². The molecule has 1 saturated heterocycles. The molecule has 0 aromatic heterocycles. The summed E-state index contributed by atoms with van der Waals surface area (Å²) in [5.41, 5.74) is -1.22. The highest BCUT2D eigenvalue weighted by atomic mass is 35.5. The molecule has 0 spiro atoms. The molecule has 0 radical (unpaired) electrons. The molecule has 116 valence electrons. The van der Waals surface area contributed by atoms with E-state index in [1.54, 1.807) is 0 Å². The summed E-state index contributed by atoms with van der Waals surface area (Å²) in [7, 11) is 0. The monoisotopic (exact) mass is 303 g/mol. The summed E-state index contributed by atoms with van der Waals surface area (Å²) in [6.07, 6.45) is 2.40. The van der Waals surface area contributed by atoms with Gasteiger partial charge in [0.1, 0.15) is 5.54 Å². The Kier molecular flexibility index (Phi) is 6.71. The molecule has 3 N–H and O–H groups in total. The molecule has 1 aliphatic rings. The van der Waals surface area contributed by atoms with Crippen LogP contribution in [0.4, 0.5) is 0 Å². The van der Waals surface area contributed by atoms with E-state index < -0.39 is 5.54 Å². The summed E-state index contributed by atoms with van der Waals surface area (Å²) >= 11 is 0. The predicted octanol–water partition coefficient (Wildman–Crippen LogP) is 0.993. The summed E-state index contributed by atoms with van der Waals surface area (Å²) in [4.78, 5) is 24.0. The fourth-order valence-electron chi connectivity index (χ4n) is 2.35. The predicted molar refractivity (Wildman–Crippen MR) is 82.9 cm³/mol. The molecule has 1 fully saturated rings. The van der Waals surface area contributed by atoms with Gasteiger partial charge < -0.3 is 16.0 Å². The molecule has 0 saturated carbocycles. The van der Waals surface area contributed by atoms with Crippen LogP contribution in [0, 0.1) is 5.92 Å². The van der Waals surface area contributed by atoms with Crippen molar-refractivity contribution < 1.29 is 9.59 Å². The minimum atomic E-state index is -0.893. The zero-order valence-electron chi connectivity index (χ0n) is 12.7. The Labute approximate surface area is 127 Å². The van der Waals surface area contributed by atoms with Crippen molar-refractivity contribution in [2.24, 2.45) is 5.92 Å². The Morgan fingerprint density at radius 2 is 2.00 bits per heavy atom. The van der Waals surface area contributed by atoms with Crippen molar-refractivity contribution in [3.8, 4) is 0 Å². The van der Waals surface area contributed by atoms with E-state index >= 15 is 0 Å². The highest BCUT2D eigenvalue weighted by molar-refractivity contribution is 5.91. The van der Waals surface area contributed by atoms with Crippen LogP contribution in [0.25, 0.3) is 0 Å². The first-order valence-electron chi connectivity index (χ1n) is 6.63. The van der Waals surface area contributed by atoms with Crippen molar-refractivity contribution in [3.63, 3.8) is 0 Å². The van der Waals surface area contributed by atoms with Crippen molar-refractivity contribution >= 4 is 24.2 Å². The van der Waals surface area contributed by atoms with Crippen molar-refractivity contribution in [1.82, 2.24) is 16.0 Å². The number of carbonyl (C=O) groups excluding carboxylic acids is 2. The largest absolute Gasteiger partial charge is 0.349 e. The van der Waals surface area contributed by atoms with Crippen molar-refractivity contribution in [3.05, 3.63) is 12.7 Å². The third-order valence-corrected chi connectivity index (χ3v) is 3.12. The second-order valence-electron chi connectivity index (χ2n) is 6.30. The number of amides is 2. The van der Waals surface area contributed by atoms with E-state index in [9.17, 15) is 9.59 Å². The molecular weight excluding hydrogens is 278 g/mol.